The highest BCUT2D eigenvalue weighted by Crippen LogP contribution is 2.30. The summed E-state index contributed by atoms with van der Waals surface area (Å²) in [4.78, 5) is 14.6. The molecule has 3 rings (SSSR count). The molecule has 0 radical (unpaired) electrons. The second-order valence-corrected chi connectivity index (χ2v) is 6.63. The van der Waals surface area contributed by atoms with Crippen LogP contribution in [-0.4, -0.2) is 51.3 Å². The lowest BCUT2D eigenvalue weighted by molar-refractivity contribution is -0.131. The third-order valence-corrected chi connectivity index (χ3v) is 4.90. The van der Waals surface area contributed by atoms with Gasteiger partial charge in [0.2, 0.25) is 5.91 Å². The Hall–Kier alpha value is -1.85. The number of furan rings is 1. The minimum Gasteiger partial charge on any atom is -0.464 e. The highest BCUT2D eigenvalue weighted by molar-refractivity contribution is 5.88. The van der Waals surface area contributed by atoms with Crippen molar-refractivity contribution >= 4 is 16.9 Å². The van der Waals surface area contributed by atoms with Gasteiger partial charge in [-0.1, -0.05) is 0 Å². The molecule has 0 aliphatic heterocycles. The second kappa shape index (κ2) is 8.50. The Labute approximate surface area is 148 Å². The zero-order valence-corrected chi connectivity index (χ0v) is 15.2. The monoisotopic (exact) mass is 345 g/mol. The van der Waals surface area contributed by atoms with Crippen LogP contribution < -0.4 is 0 Å². The molecule has 1 aromatic heterocycles. The van der Waals surface area contributed by atoms with Gasteiger partial charge in [-0.05, 0) is 48.9 Å². The van der Waals surface area contributed by atoms with E-state index in [2.05, 4.69) is 12.1 Å². The number of aryl methyl sites for hydroxylation is 2. The summed E-state index contributed by atoms with van der Waals surface area (Å²) in [7, 11) is 3.33. The molecular weight excluding hydrogens is 318 g/mol. The van der Waals surface area contributed by atoms with Gasteiger partial charge in [0.25, 0.3) is 0 Å². The predicted molar refractivity (Wildman–Crippen MR) is 96.9 cm³/mol. The zero-order chi connectivity index (χ0) is 17.6. The van der Waals surface area contributed by atoms with Gasteiger partial charge in [0.15, 0.2) is 0 Å². The molecular formula is C20H27NO4. The molecule has 25 heavy (non-hydrogen) atoms. The first-order chi connectivity index (χ1) is 12.2. The van der Waals surface area contributed by atoms with Crippen molar-refractivity contribution in [2.45, 2.75) is 32.1 Å². The Morgan fingerprint density at radius 1 is 1.12 bits per heavy atom. The van der Waals surface area contributed by atoms with E-state index in [1.165, 1.54) is 17.5 Å². The fourth-order valence-electron chi connectivity index (χ4n) is 3.52. The van der Waals surface area contributed by atoms with Gasteiger partial charge in [0.1, 0.15) is 5.58 Å². The van der Waals surface area contributed by atoms with Crippen molar-refractivity contribution in [3.05, 3.63) is 35.1 Å². The van der Waals surface area contributed by atoms with Crippen LogP contribution in [0.4, 0.5) is 0 Å². The number of benzene rings is 1. The molecule has 0 unspecified atom stereocenters. The Bertz CT molecular complexity index is 722. The first-order valence-corrected chi connectivity index (χ1v) is 9.00. The number of fused-ring (bicyclic) bond motifs is 2. The molecule has 1 aliphatic carbocycles. The van der Waals surface area contributed by atoms with Crippen LogP contribution >= 0.6 is 0 Å². The number of carbonyl (C=O) groups excluding carboxylic acids is 1. The number of amides is 1. The largest absolute Gasteiger partial charge is 0.464 e. The minimum absolute atomic E-state index is 0.108. The van der Waals surface area contributed by atoms with Crippen LogP contribution in [0.15, 0.2) is 22.8 Å². The van der Waals surface area contributed by atoms with E-state index in [0.29, 0.717) is 32.7 Å². The predicted octanol–water partition coefficient (Wildman–Crippen LogP) is 2.98. The average molecular weight is 345 g/mol. The summed E-state index contributed by atoms with van der Waals surface area (Å²) in [5.41, 5.74) is 4.66. The fourth-order valence-corrected chi connectivity index (χ4v) is 3.52. The van der Waals surface area contributed by atoms with Crippen LogP contribution in [0.2, 0.25) is 0 Å². The molecule has 0 saturated heterocycles. The normalized spacial score (nSPS) is 13.4. The van der Waals surface area contributed by atoms with Gasteiger partial charge in [-0.25, -0.2) is 0 Å². The third kappa shape index (κ3) is 4.22. The number of carbonyl (C=O) groups is 1. The molecule has 1 heterocycles. The maximum Gasteiger partial charge on any atom is 0.227 e. The molecule has 0 atom stereocenters. The van der Waals surface area contributed by atoms with Crippen molar-refractivity contribution in [3.8, 4) is 0 Å². The van der Waals surface area contributed by atoms with Crippen LogP contribution in [0.1, 0.15) is 29.5 Å². The molecule has 0 spiro atoms. The van der Waals surface area contributed by atoms with E-state index in [1.54, 1.807) is 20.5 Å². The molecule has 136 valence electrons. The summed E-state index contributed by atoms with van der Waals surface area (Å²) in [6.07, 6.45) is 6.39. The standard InChI is InChI=1S/C20H27NO4/c1-23-9-4-7-21(8-10-24-2)20(22)13-17-14-25-19-12-16-6-3-5-15(16)11-18(17)19/h11-12,14H,3-10,13H2,1-2H3. The molecule has 0 N–H and O–H groups in total. The van der Waals surface area contributed by atoms with Crippen LogP contribution in [-0.2, 0) is 33.5 Å². The van der Waals surface area contributed by atoms with E-state index in [0.717, 1.165) is 35.8 Å². The van der Waals surface area contributed by atoms with Gasteiger partial charge < -0.3 is 18.8 Å². The van der Waals surface area contributed by atoms with Crippen LogP contribution in [0.25, 0.3) is 11.0 Å². The summed E-state index contributed by atoms with van der Waals surface area (Å²) in [5.74, 6) is 0.108. The molecule has 1 aliphatic rings. The SMILES string of the molecule is COCCCN(CCOC)C(=O)Cc1coc2cc3c(cc12)CCC3. The molecule has 0 bridgehead atoms. The first-order valence-electron chi connectivity index (χ1n) is 9.00. The quantitative estimate of drug-likeness (QED) is 0.656. The molecule has 1 aromatic carbocycles. The molecule has 0 saturated carbocycles. The van der Waals surface area contributed by atoms with Crippen molar-refractivity contribution in [1.82, 2.24) is 4.90 Å². The second-order valence-electron chi connectivity index (χ2n) is 6.63. The number of nitrogens with zero attached hydrogens (tertiary/aromatic N) is 1. The Balaban J connectivity index is 1.72. The number of ether oxygens (including phenoxy) is 2. The van der Waals surface area contributed by atoms with Gasteiger partial charge in [0.05, 0.1) is 19.3 Å². The first kappa shape index (κ1) is 18.0. The summed E-state index contributed by atoms with van der Waals surface area (Å²) in [6, 6.07) is 4.36. The lowest BCUT2D eigenvalue weighted by Gasteiger charge is -2.22. The smallest absolute Gasteiger partial charge is 0.227 e. The van der Waals surface area contributed by atoms with Gasteiger partial charge in [-0.2, -0.15) is 0 Å². The van der Waals surface area contributed by atoms with Crippen molar-refractivity contribution in [1.29, 1.82) is 0 Å². The van der Waals surface area contributed by atoms with Gasteiger partial charge in [0, 0.05) is 44.9 Å². The van der Waals surface area contributed by atoms with E-state index in [9.17, 15) is 4.79 Å². The topological polar surface area (TPSA) is 51.9 Å². The molecule has 5 nitrogen and oxygen atoms in total. The van der Waals surface area contributed by atoms with Crippen molar-refractivity contribution < 1.29 is 18.7 Å². The van der Waals surface area contributed by atoms with Crippen LogP contribution in [0, 0.1) is 0 Å². The van der Waals surface area contributed by atoms with E-state index in [1.807, 2.05) is 4.90 Å². The van der Waals surface area contributed by atoms with Crippen molar-refractivity contribution in [2.75, 3.05) is 40.5 Å². The zero-order valence-electron chi connectivity index (χ0n) is 15.2. The lowest BCUT2D eigenvalue weighted by atomic mass is 10.0. The highest BCUT2D eigenvalue weighted by atomic mass is 16.5. The number of rotatable bonds is 9. The van der Waals surface area contributed by atoms with Gasteiger partial charge in [-0.15, -0.1) is 0 Å². The number of hydrogen-bond acceptors (Lipinski definition) is 4. The third-order valence-electron chi connectivity index (χ3n) is 4.90. The highest BCUT2D eigenvalue weighted by Gasteiger charge is 2.19. The average Bonchev–Trinajstić information content (AvgIpc) is 3.22. The number of hydrogen-bond donors (Lipinski definition) is 0. The molecule has 5 heteroatoms. The van der Waals surface area contributed by atoms with Gasteiger partial charge in [-0.3, -0.25) is 4.79 Å². The van der Waals surface area contributed by atoms with Crippen LogP contribution in [0.3, 0.4) is 0 Å². The van der Waals surface area contributed by atoms with E-state index >= 15 is 0 Å². The lowest BCUT2D eigenvalue weighted by Crippen LogP contribution is -2.36. The summed E-state index contributed by atoms with van der Waals surface area (Å²) >= 11 is 0. The maximum atomic E-state index is 12.8. The number of methoxy groups -OCH3 is 2. The summed E-state index contributed by atoms with van der Waals surface area (Å²) in [6.45, 7) is 2.47. The Morgan fingerprint density at radius 2 is 1.88 bits per heavy atom. The van der Waals surface area contributed by atoms with Gasteiger partial charge >= 0.3 is 0 Å². The summed E-state index contributed by atoms with van der Waals surface area (Å²) < 4.78 is 16.0. The van der Waals surface area contributed by atoms with Crippen molar-refractivity contribution in [2.24, 2.45) is 0 Å². The van der Waals surface area contributed by atoms with Crippen LogP contribution in [0.5, 0.6) is 0 Å². The fraction of sp³-hybridized carbons (Fsp3) is 0.550. The molecule has 1 amide bonds. The molecule has 0 fully saturated rings. The minimum atomic E-state index is 0.108. The maximum absolute atomic E-state index is 12.8. The van der Waals surface area contributed by atoms with E-state index < -0.39 is 0 Å². The Morgan fingerprint density at radius 3 is 2.64 bits per heavy atom. The molecule has 2 aromatic rings. The van der Waals surface area contributed by atoms with E-state index in [4.69, 9.17) is 13.9 Å². The Kier molecular flexibility index (Phi) is 6.10. The van der Waals surface area contributed by atoms with E-state index in [-0.39, 0.29) is 5.91 Å². The summed E-state index contributed by atoms with van der Waals surface area (Å²) in [5, 5.41) is 1.08. The van der Waals surface area contributed by atoms with Crippen molar-refractivity contribution in [3.63, 3.8) is 0 Å².